The first-order chi connectivity index (χ1) is 10.2. The number of fused-ring (bicyclic) bond motifs is 1. The minimum absolute atomic E-state index is 0.0243. The number of amidine groups is 1. The Labute approximate surface area is 122 Å². The van der Waals surface area contributed by atoms with Crippen LogP contribution in [0.25, 0.3) is 11.2 Å². The van der Waals surface area contributed by atoms with Gasteiger partial charge in [0, 0.05) is 4.90 Å². The van der Waals surface area contributed by atoms with Crippen molar-refractivity contribution in [2.24, 2.45) is 10.9 Å². The van der Waals surface area contributed by atoms with Gasteiger partial charge in [0.1, 0.15) is 22.7 Å². The summed E-state index contributed by atoms with van der Waals surface area (Å²) in [6.07, 6.45) is 2.87. The van der Waals surface area contributed by atoms with Gasteiger partial charge >= 0.3 is 0 Å². The van der Waals surface area contributed by atoms with Crippen LogP contribution in [-0.2, 0) is 0 Å². The van der Waals surface area contributed by atoms with Crippen molar-refractivity contribution >= 4 is 28.8 Å². The standard InChI is InChI=1S/C12H9FN6OS/c13-6-2-1-3-7(8(6)10(14)19-20)21-12-9-11(16-4-15-9)17-5-18-12/h1-5,20H,(H2,14,19)(H,15,16,17,18). The van der Waals surface area contributed by atoms with Gasteiger partial charge in [-0.05, 0) is 12.1 Å². The van der Waals surface area contributed by atoms with E-state index in [4.69, 9.17) is 10.9 Å². The lowest BCUT2D eigenvalue weighted by Gasteiger charge is -2.08. The van der Waals surface area contributed by atoms with Gasteiger partial charge < -0.3 is 15.9 Å². The van der Waals surface area contributed by atoms with Crippen molar-refractivity contribution in [3.63, 3.8) is 0 Å². The Balaban J connectivity index is 2.10. The number of hydrogen-bond donors (Lipinski definition) is 3. The fraction of sp³-hybridized carbons (Fsp3) is 0. The lowest BCUT2D eigenvalue weighted by atomic mass is 10.2. The molecule has 0 atom stereocenters. The van der Waals surface area contributed by atoms with Gasteiger partial charge in [0.15, 0.2) is 11.5 Å². The molecule has 2 heterocycles. The molecule has 0 spiro atoms. The van der Waals surface area contributed by atoms with E-state index in [1.165, 1.54) is 36.5 Å². The predicted octanol–water partition coefficient (Wildman–Crippen LogP) is 1.74. The summed E-state index contributed by atoms with van der Waals surface area (Å²) in [6.45, 7) is 0. The summed E-state index contributed by atoms with van der Waals surface area (Å²) in [5, 5.41) is 12.2. The summed E-state index contributed by atoms with van der Waals surface area (Å²) < 4.78 is 13.9. The molecule has 3 rings (SSSR count). The van der Waals surface area contributed by atoms with Crippen LogP contribution in [0.4, 0.5) is 4.39 Å². The third-order valence-electron chi connectivity index (χ3n) is 2.73. The highest BCUT2D eigenvalue weighted by atomic mass is 32.2. The van der Waals surface area contributed by atoms with E-state index in [1.807, 2.05) is 0 Å². The van der Waals surface area contributed by atoms with Gasteiger partial charge in [-0.3, -0.25) is 0 Å². The Kier molecular flexibility index (Phi) is 3.40. The average molecular weight is 304 g/mol. The van der Waals surface area contributed by atoms with E-state index in [2.05, 4.69) is 25.1 Å². The van der Waals surface area contributed by atoms with E-state index in [0.717, 1.165) is 0 Å². The fourth-order valence-corrected chi connectivity index (χ4v) is 2.82. The molecule has 1 aromatic carbocycles. The summed E-state index contributed by atoms with van der Waals surface area (Å²) >= 11 is 1.17. The van der Waals surface area contributed by atoms with Crippen LogP contribution in [-0.4, -0.2) is 31.0 Å². The van der Waals surface area contributed by atoms with E-state index < -0.39 is 5.82 Å². The van der Waals surface area contributed by atoms with Gasteiger partial charge in [-0.25, -0.2) is 19.3 Å². The highest BCUT2D eigenvalue weighted by Crippen LogP contribution is 2.32. The van der Waals surface area contributed by atoms with Crippen LogP contribution < -0.4 is 5.73 Å². The molecule has 0 unspecified atom stereocenters. The second-order valence-electron chi connectivity index (χ2n) is 3.98. The second-order valence-corrected chi connectivity index (χ2v) is 5.01. The number of aromatic nitrogens is 4. The number of aromatic amines is 1. The number of nitrogens with one attached hydrogen (secondary N) is 1. The number of hydrogen-bond acceptors (Lipinski definition) is 6. The molecule has 106 valence electrons. The SMILES string of the molecule is NC(=NO)c1c(F)cccc1Sc1ncnc2nc[nH]c12. The van der Waals surface area contributed by atoms with E-state index >= 15 is 0 Å². The molecule has 0 saturated carbocycles. The Morgan fingerprint density at radius 3 is 3.00 bits per heavy atom. The topological polar surface area (TPSA) is 113 Å². The Bertz CT molecular complexity index is 833. The van der Waals surface area contributed by atoms with Crippen molar-refractivity contribution in [1.29, 1.82) is 0 Å². The molecule has 4 N–H and O–H groups in total. The average Bonchev–Trinajstić information content (AvgIpc) is 2.96. The third-order valence-corrected chi connectivity index (χ3v) is 3.80. The lowest BCUT2D eigenvalue weighted by Crippen LogP contribution is -2.16. The van der Waals surface area contributed by atoms with Gasteiger partial charge in [-0.1, -0.05) is 23.0 Å². The summed E-state index contributed by atoms with van der Waals surface area (Å²) in [7, 11) is 0. The zero-order valence-electron chi connectivity index (χ0n) is 10.5. The van der Waals surface area contributed by atoms with Crippen molar-refractivity contribution in [3.8, 4) is 0 Å². The first-order valence-corrected chi connectivity index (χ1v) is 6.60. The Morgan fingerprint density at radius 1 is 1.33 bits per heavy atom. The first kappa shape index (κ1) is 13.3. The van der Waals surface area contributed by atoms with Crippen molar-refractivity contribution in [2.75, 3.05) is 0 Å². The largest absolute Gasteiger partial charge is 0.409 e. The van der Waals surface area contributed by atoms with E-state index in [0.29, 0.717) is 21.1 Å². The van der Waals surface area contributed by atoms with Crippen molar-refractivity contribution in [1.82, 2.24) is 19.9 Å². The number of halogens is 1. The highest BCUT2D eigenvalue weighted by molar-refractivity contribution is 7.99. The molecule has 0 aliphatic heterocycles. The predicted molar refractivity (Wildman–Crippen MR) is 74.7 cm³/mol. The van der Waals surface area contributed by atoms with Crippen molar-refractivity contribution < 1.29 is 9.60 Å². The summed E-state index contributed by atoms with van der Waals surface area (Å²) in [5.41, 5.74) is 6.71. The number of oxime groups is 1. The van der Waals surface area contributed by atoms with Gasteiger partial charge in [0.2, 0.25) is 0 Å². The fourth-order valence-electron chi connectivity index (χ4n) is 1.81. The summed E-state index contributed by atoms with van der Waals surface area (Å²) in [6, 6.07) is 4.44. The van der Waals surface area contributed by atoms with Gasteiger partial charge in [-0.2, -0.15) is 0 Å². The maximum Gasteiger partial charge on any atom is 0.181 e. The molecule has 0 aliphatic rings. The van der Waals surface area contributed by atoms with E-state index in [9.17, 15) is 4.39 Å². The van der Waals surface area contributed by atoms with Crippen molar-refractivity contribution in [3.05, 3.63) is 42.2 Å². The number of nitrogens with zero attached hydrogens (tertiary/aromatic N) is 4. The van der Waals surface area contributed by atoms with Crippen LogP contribution in [0.3, 0.4) is 0 Å². The minimum Gasteiger partial charge on any atom is -0.409 e. The van der Waals surface area contributed by atoms with E-state index in [1.54, 1.807) is 6.07 Å². The summed E-state index contributed by atoms with van der Waals surface area (Å²) in [4.78, 5) is 15.6. The van der Waals surface area contributed by atoms with Crippen LogP contribution in [0.5, 0.6) is 0 Å². The monoisotopic (exact) mass is 304 g/mol. The van der Waals surface area contributed by atoms with Gasteiger partial charge in [0.05, 0.1) is 11.9 Å². The van der Waals surface area contributed by atoms with Crippen LogP contribution in [0.15, 0.2) is 45.9 Å². The van der Waals surface area contributed by atoms with Crippen molar-refractivity contribution in [2.45, 2.75) is 9.92 Å². The van der Waals surface area contributed by atoms with Gasteiger partial charge in [0.25, 0.3) is 0 Å². The third kappa shape index (κ3) is 2.38. The van der Waals surface area contributed by atoms with Crippen LogP contribution in [0.2, 0.25) is 0 Å². The highest BCUT2D eigenvalue weighted by Gasteiger charge is 2.16. The number of nitrogens with two attached hydrogens (primary N) is 1. The molecule has 7 nitrogen and oxygen atoms in total. The molecule has 2 aromatic heterocycles. The molecular weight excluding hydrogens is 295 g/mol. The van der Waals surface area contributed by atoms with Crippen LogP contribution in [0, 0.1) is 5.82 Å². The molecule has 9 heteroatoms. The molecule has 21 heavy (non-hydrogen) atoms. The van der Waals surface area contributed by atoms with Gasteiger partial charge in [-0.15, -0.1) is 0 Å². The first-order valence-electron chi connectivity index (χ1n) is 5.79. The maximum atomic E-state index is 13.9. The molecule has 0 fully saturated rings. The number of H-pyrrole nitrogens is 1. The van der Waals surface area contributed by atoms with E-state index in [-0.39, 0.29) is 11.4 Å². The molecule has 3 aromatic rings. The van der Waals surface area contributed by atoms with Crippen LogP contribution in [0.1, 0.15) is 5.56 Å². The maximum absolute atomic E-state index is 13.9. The minimum atomic E-state index is -0.579. The Morgan fingerprint density at radius 2 is 2.19 bits per heavy atom. The smallest absolute Gasteiger partial charge is 0.181 e. The molecule has 0 aliphatic carbocycles. The molecule has 0 radical (unpaired) electrons. The quantitative estimate of drug-likeness (QED) is 0.223. The Hall–Kier alpha value is -2.68. The molecule has 0 amide bonds. The van der Waals surface area contributed by atoms with Crippen LogP contribution >= 0.6 is 11.8 Å². The zero-order chi connectivity index (χ0) is 14.8. The summed E-state index contributed by atoms with van der Waals surface area (Å²) in [5.74, 6) is -0.879. The molecule has 0 saturated heterocycles. The lowest BCUT2D eigenvalue weighted by molar-refractivity contribution is 0.318. The molecular formula is C12H9FN6OS. The zero-order valence-corrected chi connectivity index (χ0v) is 11.3. The normalized spacial score (nSPS) is 12.0. The number of imidazole rings is 1. The number of rotatable bonds is 3. The second kappa shape index (κ2) is 5.37. The molecule has 0 bridgehead atoms. The number of benzene rings is 1.